The molecule has 0 radical (unpaired) electrons. The summed E-state index contributed by atoms with van der Waals surface area (Å²) in [6.45, 7) is 7.60. The van der Waals surface area contributed by atoms with E-state index < -0.39 is 0 Å². The van der Waals surface area contributed by atoms with Crippen molar-refractivity contribution in [2.45, 2.75) is 13.5 Å². The van der Waals surface area contributed by atoms with Crippen LogP contribution in [0.1, 0.15) is 12.5 Å². The summed E-state index contributed by atoms with van der Waals surface area (Å²) in [5, 5.41) is 3.33. The lowest BCUT2D eigenvalue weighted by Crippen LogP contribution is -2.12. The fraction of sp³-hybridized carbons (Fsp3) is 0.231. The maximum Gasteiger partial charge on any atom is 0.0208 e. The standard InChI is InChI=1S/C13H17N/c1-12(2)7-6-10-14-11-13-8-4-3-5-9-13/h3-9,14H,1,10-11H2,2H3/b7-6+. The van der Waals surface area contributed by atoms with E-state index in [9.17, 15) is 0 Å². The van der Waals surface area contributed by atoms with Crippen molar-refractivity contribution in [3.8, 4) is 0 Å². The third-order valence-corrected chi connectivity index (χ3v) is 1.84. The number of rotatable bonds is 5. The van der Waals surface area contributed by atoms with Gasteiger partial charge < -0.3 is 5.32 Å². The van der Waals surface area contributed by atoms with Gasteiger partial charge in [-0.05, 0) is 12.5 Å². The minimum absolute atomic E-state index is 0.891. The number of benzene rings is 1. The van der Waals surface area contributed by atoms with Crippen LogP contribution >= 0.6 is 0 Å². The SMILES string of the molecule is C=C(C)/C=C/CNCc1ccccc1. The Bertz CT molecular complexity index is 298. The van der Waals surface area contributed by atoms with E-state index in [0.717, 1.165) is 18.7 Å². The monoisotopic (exact) mass is 187 g/mol. The van der Waals surface area contributed by atoms with Gasteiger partial charge in [0.2, 0.25) is 0 Å². The number of allylic oxidation sites excluding steroid dienone is 2. The van der Waals surface area contributed by atoms with Gasteiger partial charge in [-0.3, -0.25) is 0 Å². The summed E-state index contributed by atoms with van der Waals surface area (Å²) in [6.07, 6.45) is 4.11. The summed E-state index contributed by atoms with van der Waals surface area (Å²) in [6, 6.07) is 10.4. The number of nitrogens with one attached hydrogen (secondary N) is 1. The van der Waals surface area contributed by atoms with Gasteiger partial charge in [-0.15, -0.1) is 0 Å². The number of hydrogen-bond acceptors (Lipinski definition) is 1. The molecule has 0 aromatic heterocycles. The molecule has 1 nitrogen and oxygen atoms in total. The zero-order chi connectivity index (χ0) is 10.2. The van der Waals surface area contributed by atoms with Gasteiger partial charge in [-0.1, -0.05) is 54.6 Å². The van der Waals surface area contributed by atoms with Crippen molar-refractivity contribution in [2.24, 2.45) is 0 Å². The van der Waals surface area contributed by atoms with E-state index in [1.807, 2.05) is 19.1 Å². The summed E-state index contributed by atoms with van der Waals surface area (Å²) in [5.41, 5.74) is 2.41. The van der Waals surface area contributed by atoms with Gasteiger partial charge >= 0.3 is 0 Å². The van der Waals surface area contributed by atoms with Crippen LogP contribution in [0.5, 0.6) is 0 Å². The highest BCUT2D eigenvalue weighted by Crippen LogP contribution is 1.96. The Balaban J connectivity index is 2.19. The van der Waals surface area contributed by atoms with Crippen molar-refractivity contribution < 1.29 is 0 Å². The van der Waals surface area contributed by atoms with E-state index in [1.165, 1.54) is 5.56 Å². The van der Waals surface area contributed by atoms with Crippen molar-refractivity contribution >= 4 is 0 Å². The highest BCUT2D eigenvalue weighted by atomic mass is 14.8. The van der Waals surface area contributed by atoms with Crippen LogP contribution in [0.25, 0.3) is 0 Å². The fourth-order valence-corrected chi connectivity index (χ4v) is 1.16. The lowest BCUT2D eigenvalue weighted by Gasteiger charge is -2.00. The number of hydrogen-bond donors (Lipinski definition) is 1. The molecule has 0 bridgehead atoms. The second-order valence-electron chi connectivity index (χ2n) is 3.37. The van der Waals surface area contributed by atoms with Crippen molar-refractivity contribution in [3.05, 3.63) is 60.2 Å². The maximum atomic E-state index is 3.80. The first-order chi connectivity index (χ1) is 6.79. The first-order valence-corrected chi connectivity index (χ1v) is 4.86. The summed E-state index contributed by atoms with van der Waals surface area (Å²) in [5.74, 6) is 0. The van der Waals surface area contributed by atoms with E-state index in [1.54, 1.807) is 0 Å². The van der Waals surface area contributed by atoms with Crippen LogP contribution in [0.15, 0.2) is 54.6 Å². The van der Waals surface area contributed by atoms with Gasteiger partial charge in [0, 0.05) is 13.1 Å². The normalized spacial score (nSPS) is 10.6. The van der Waals surface area contributed by atoms with Gasteiger partial charge in [0.1, 0.15) is 0 Å². The zero-order valence-electron chi connectivity index (χ0n) is 8.66. The highest BCUT2D eigenvalue weighted by Gasteiger charge is 1.87. The smallest absolute Gasteiger partial charge is 0.0208 e. The van der Waals surface area contributed by atoms with Crippen LogP contribution in [0.3, 0.4) is 0 Å². The van der Waals surface area contributed by atoms with E-state index in [4.69, 9.17) is 0 Å². The van der Waals surface area contributed by atoms with Gasteiger partial charge in [0.05, 0.1) is 0 Å². The molecule has 0 unspecified atom stereocenters. The van der Waals surface area contributed by atoms with Crippen molar-refractivity contribution in [3.63, 3.8) is 0 Å². The first-order valence-electron chi connectivity index (χ1n) is 4.86. The molecule has 1 heteroatoms. The Kier molecular flexibility index (Phi) is 4.73. The highest BCUT2D eigenvalue weighted by molar-refractivity contribution is 5.15. The Morgan fingerprint density at radius 3 is 2.71 bits per heavy atom. The van der Waals surface area contributed by atoms with Crippen LogP contribution in [-0.2, 0) is 6.54 Å². The molecule has 74 valence electrons. The topological polar surface area (TPSA) is 12.0 Å². The first kappa shape index (κ1) is 10.7. The molecule has 0 heterocycles. The molecule has 0 saturated heterocycles. The molecule has 0 amide bonds. The third kappa shape index (κ3) is 4.63. The fourth-order valence-electron chi connectivity index (χ4n) is 1.16. The van der Waals surface area contributed by atoms with Gasteiger partial charge in [0.25, 0.3) is 0 Å². The molecule has 1 aromatic carbocycles. The van der Waals surface area contributed by atoms with Gasteiger partial charge in [-0.2, -0.15) is 0 Å². The molecule has 0 fully saturated rings. The second kappa shape index (κ2) is 6.17. The predicted octanol–water partition coefficient (Wildman–Crippen LogP) is 2.91. The largest absolute Gasteiger partial charge is 0.309 e. The lowest BCUT2D eigenvalue weighted by atomic mass is 10.2. The van der Waals surface area contributed by atoms with Crippen LogP contribution in [0.2, 0.25) is 0 Å². The molecule has 1 aromatic rings. The van der Waals surface area contributed by atoms with Crippen LogP contribution in [0, 0.1) is 0 Å². The van der Waals surface area contributed by atoms with Crippen molar-refractivity contribution in [1.82, 2.24) is 5.32 Å². The van der Waals surface area contributed by atoms with Gasteiger partial charge in [0.15, 0.2) is 0 Å². The molecule has 0 aliphatic heterocycles. The van der Waals surface area contributed by atoms with Crippen LogP contribution < -0.4 is 5.32 Å². The summed E-state index contributed by atoms with van der Waals surface area (Å²) in [7, 11) is 0. The lowest BCUT2D eigenvalue weighted by molar-refractivity contribution is 0.759. The quantitative estimate of drug-likeness (QED) is 0.552. The van der Waals surface area contributed by atoms with Crippen LogP contribution in [-0.4, -0.2) is 6.54 Å². The zero-order valence-corrected chi connectivity index (χ0v) is 8.66. The van der Waals surface area contributed by atoms with Crippen molar-refractivity contribution in [2.75, 3.05) is 6.54 Å². The minimum Gasteiger partial charge on any atom is -0.309 e. The van der Waals surface area contributed by atoms with E-state index in [2.05, 4.69) is 42.2 Å². The average molecular weight is 187 g/mol. The molecule has 1 rings (SSSR count). The summed E-state index contributed by atoms with van der Waals surface area (Å²) in [4.78, 5) is 0. The maximum absolute atomic E-state index is 3.80. The summed E-state index contributed by atoms with van der Waals surface area (Å²) < 4.78 is 0. The molecule has 0 atom stereocenters. The summed E-state index contributed by atoms with van der Waals surface area (Å²) >= 11 is 0. The molecule has 0 aliphatic rings. The van der Waals surface area contributed by atoms with E-state index >= 15 is 0 Å². The molecule has 14 heavy (non-hydrogen) atoms. The average Bonchev–Trinajstić information content (AvgIpc) is 2.18. The third-order valence-electron chi connectivity index (χ3n) is 1.84. The second-order valence-corrected chi connectivity index (χ2v) is 3.37. The Morgan fingerprint density at radius 1 is 1.36 bits per heavy atom. The minimum atomic E-state index is 0.891. The molecule has 0 aliphatic carbocycles. The Hall–Kier alpha value is -1.34. The Labute approximate surface area is 86.2 Å². The predicted molar refractivity (Wildman–Crippen MR) is 62.1 cm³/mol. The van der Waals surface area contributed by atoms with Crippen molar-refractivity contribution in [1.29, 1.82) is 0 Å². The van der Waals surface area contributed by atoms with E-state index in [0.29, 0.717) is 0 Å². The van der Waals surface area contributed by atoms with E-state index in [-0.39, 0.29) is 0 Å². The molecule has 1 N–H and O–H groups in total. The molecular weight excluding hydrogens is 170 g/mol. The van der Waals surface area contributed by atoms with Gasteiger partial charge in [-0.25, -0.2) is 0 Å². The molecular formula is C13H17N. The van der Waals surface area contributed by atoms with Crippen LogP contribution in [0.4, 0.5) is 0 Å². The Morgan fingerprint density at radius 2 is 2.07 bits per heavy atom. The molecule has 0 saturated carbocycles. The molecule has 0 spiro atoms.